The topological polar surface area (TPSA) is 69.5 Å². The summed E-state index contributed by atoms with van der Waals surface area (Å²) >= 11 is 1.17. The first-order valence-corrected chi connectivity index (χ1v) is 12.5. The van der Waals surface area contributed by atoms with Crippen LogP contribution in [-0.2, 0) is 6.42 Å². The highest BCUT2D eigenvalue weighted by Crippen LogP contribution is 2.48. The fourth-order valence-electron chi connectivity index (χ4n) is 4.02. The predicted molar refractivity (Wildman–Crippen MR) is 139 cm³/mol. The van der Waals surface area contributed by atoms with Crippen LogP contribution in [0.4, 0.5) is 20.2 Å². The lowest BCUT2D eigenvalue weighted by Gasteiger charge is -2.25. The molecule has 2 N–H and O–H groups in total. The Morgan fingerprint density at radius 2 is 1.72 bits per heavy atom. The standard InChI is InChI=1S/C28H27F2N3O2S/c1-4-5-9-23-25(33(3)20-8-6-7-19(29)16-20)26(34)27(28(35)32-23)36-21-12-10-18(11-13-21)22-14-15-24(30)31-17(22)2/h6-8,10-16H,4-5,9H2,1-3H3,(H2,32,34,35). The maximum Gasteiger partial charge on any atom is 0.229 e. The minimum absolute atomic E-state index is 0.118. The van der Waals surface area contributed by atoms with Gasteiger partial charge in [-0.1, -0.05) is 43.3 Å². The molecule has 186 valence electrons. The Morgan fingerprint density at radius 1 is 0.972 bits per heavy atom. The third kappa shape index (κ3) is 5.44. The molecule has 0 aliphatic heterocycles. The van der Waals surface area contributed by atoms with Gasteiger partial charge in [0, 0.05) is 28.9 Å². The third-order valence-corrected chi connectivity index (χ3v) is 6.98. The fraction of sp³-hybridized carbons (Fsp3) is 0.214. The molecule has 0 spiro atoms. The Labute approximate surface area is 213 Å². The molecule has 4 rings (SSSR count). The summed E-state index contributed by atoms with van der Waals surface area (Å²) < 4.78 is 27.3. The van der Waals surface area contributed by atoms with Gasteiger partial charge in [0.15, 0.2) is 5.75 Å². The molecule has 0 amide bonds. The van der Waals surface area contributed by atoms with Gasteiger partial charge in [-0.3, -0.25) is 0 Å². The maximum absolute atomic E-state index is 13.9. The van der Waals surface area contributed by atoms with Crippen LogP contribution in [0.25, 0.3) is 11.1 Å². The van der Waals surface area contributed by atoms with Crippen LogP contribution in [0.3, 0.4) is 0 Å². The van der Waals surface area contributed by atoms with Crippen molar-refractivity contribution >= 4 is 23.1 Å². The smallest absolute Gasteiger partial charge is 0.229 e. The number of anilines is 2. The van der Waals surface area contributed by atoms with Crippen molar-refractivity contribution < 1.29 is 19.0 Å². The summed E-state index contributed by atoms with van der Waals surface area (Å²) in [5.41, 5.74) is 3.80. The zero-order valence-corrected chi connectivity index (χ0v) is 21.1. The molecule has 8 heteroatoms. The molecule has 0 fully saturated rings. The summed E-state index contributed by atoms with van der Waals surface area (Å²) in [7, 11) is 1.74. The summed E-state index contributed by atoms with van der Waals surface area (Å²) in [6.07, 6.45) is 2.29. The van der Waals surface area contributed by atoms with Gasteiger partial charge in [0.1, 0.15) is 16.4 Å². The van der Waals surface area contributed by atoms with Crippen molar-refractivity contribution in [3.05, 3.63) is 83.8 Å². The van der Waals surface area contributed by atoms with Crippen LogP contribution in [0, 0.1) is 18.7 Å². The van der Waals surface area contributed by atoms with Gasteiger partial charge < -0.3 is 15.1 Å². The number of benzene rings is 2. The Bertz CT molecular complexity index is 1380. The molecule has 0 saturated heterocycles. The lowest BCUT2D eigenvalue weighted by molar-refractivity contribution is 0.410. The zero-order chi connectivity index (χ0) is 25.8. The Kier molecular flexibility index (Phi) is 7.74. The molecule has 0 unspecified atom stereocenters. The van der Waals surface area contributed by atoms with Crippen LogP contribution in [-0.4, -0.2) is 27.2 Å². The van der Waals surface area contributed by atoms with Gasteiger partial charge in [0.05, 0.1) is 5.69 Å². The predicted octanol–water partition coefficient (Wildman–Crippen LogP) is 7.40. The van der Waals surface area contributed by atoms with Crippen molar-refractivity contribution in [1.29, 1.82) is 0 Å². The maximum atomic E-state index is 13.9. The van der Waals surface area contributed by atoms with Gasteiger partial charge >= 0.3 is 0 Å². The van der Waals surface area contributed by atoms with Gasteiger partial charge in [0.2, 0.25) is 11.8 Å². The lowest BCUT2D eigenvalue weighted by atomic mass is 10.1. The molecule has 2 aromatic heterocycles. The first kappa shape index (κ1) is 25.4. The van der Waals surface area contributed by atoms with E-state index in [2.05, 4.69) is 9.97 Å². The van der Waals surface area contributed by atoms with E-state index in [1.165, 1.54) is 30.0 Å². The summed E-state index contributed by atoms with van der Waals surface area (Å²) in [6.45, 7) is 3.80. The van der Waals surface area contributed by atoms with E-state index < -0.39 is 5.95 Å². The first-order valence-electron chi connectivity index (χ1n) is 11.6. The molecule has 0 aliphatic rings. The number of rotatable bonds is 8. The monoisotopic (exact) mass is 507 g/mol. The zero-order valence-electron chi connectivity index (χ0n) is 20.3. The molecule has 4 aromatic rings. The van der Waals surface area contributed by atoms with Gasteiger partial charge in [-0.15, -0.1) is 0 Å². The highest BCUT2D eigenvalue weighted by molar-refractivity contribution is 7.99. The van der Waals surface area contributed by atoms with Gasteiger partial charge in [-0.25, -0.2) is 14.4 Å². The lowest BCUT2D eigenvalue weighted by Crippen LogP contribution is -2.14. The van der Waals surface area contributed by atoms with Crippen LogP contribution in [0.1, 0.15) is 31.2 Å². The number of hydrogen-bond donors (Lipinski definition) is 2. The number of aromatic hydroxyl groups is 2. The number of aryl methyl sites for hydroxylation is 2. The van der Waals surface area contributed by atoms with E-state index in [0.29, 0.717) is 29.2 Å². The molecule has 5 nitrogen and oxygen atoms in total. The summed E-state index contributed by atoms with van der Waals surface area (Å²) in [5.74, 6) is -1.29. The van der Waals surface area contributed by atoms with Gasteiger partial charge in [0.25, 0.3) is 0 Å². The van der Waals surface area contributed by atoms with Gasteiger partial charge in [-0.2, -0.15) is 4.39 Å². The Hall–Kier alpha value is -3.65. The second-order valence-electron chi connectivity index (χ2n) is 8.44. The van der Waals surface area contributed by atoms with Crippen molar-refractivity contribution in [2.45, 2.75) is 42.9 Å². The average molecular weight is 508 g/mol. The number of hydrogen-bond acceptors (Lipinski definition) is 6. The van der Waals surface area contributed by atoms with E-state index in [4.69, 9.17) is 0 Å². The van der Waals surface area contributed by atoms with Crippen LogP contribution in [0.5, 0.6) is 11.6 Å². The van der Waals surface area contributed by atoms with Crippen molar-refractivity contribution in [3.63, 3.8) is 0 Å². The number of nitrogens with zero attached hydrogens (tertiary/aromatic N) is 3. The SMILES string of the molecule is CCCCc1nc(O)c(Sc2ccc(-c3ccc(F)nc3C)cc2)c(O)c1N(C)c1cccc(F)c1. The Morgan fingerprint density at radius 3 is 2.39 bits per heavy atom. The number of aromatic nitrogens is 2. The second-order valence-corrected chi connectivity index (χ2v) is 9.53. The number of pyridine rings is 2. The molecule has 2 aromatic carbocycles. The van der Waals surface area contributed by atoms with E-state index >= 15 is 0 Å². The average Bonchev–Trinajstić information content (AvgIpc) is 2.85. The van der Waals surface area contributed by atoms with E-state index in [1.54, 1.807) is 37.1 Å². The van der Waals surface area contributed by atoms with Crippen LogP contribution >= 0.6 is 11.8 Å². The second kappa shape index (κ2) is 11.0. The number of halogens is 2. The number of unbranched alkanes of at least 4 members (excludes halogenated alkanes) is 1. The first-order chi connectivity index (χ1) is 17.3. The largest absolute Gasteiger partial charge is 0.504 e. The molecule has 36 heavy (non-hydrogen) atoms. The van der Waals surface area contributed by atoms with E-state index in [1.807, 2.05) is 31.2 Å². The summed E-state index contributed by atoms with van der Waals surface area (Å²) in [5, 5.41) is 22.0. The fourth-order valence-corrected chi connectivity index (χ4v) is 4.85. The molecule has 0 saturated carbocycles. The molecule has 0 radical (unpaired) electrons. The minimum Gasteiger partial charge on any atom is -0.504 e. The van der Waals surface area contributed by atoms with Crippen molar-refractivity contribution in [1.82, 2.24) is 9.97 Å². The van der Waals surface area contributed by atoms with E-state index in [0.717, 1.165) is 28.9 Å². The van der Waals surface area contributed by atoms with Gasteiger partial charge in [-0.05, 0) is 67.8 Å². The molecule has 0 bridgehead atoms. The highest BCUT2D eigenvalue weighted by Gasteiger charge is 2.24. The molecular formula is C28H27F2N3O2S. The Balaban J connectivity index is 1.70. The normalized spacial score (nSPS) is 11.0. The molecule has 0 atom stereocenters. The summed E-state index contributed by atoms with van der Waals surface area (Å²) in [4.78, 5) is 11.0. The van der Waals surface area contributed by atoms with Crippen molar-refractivity contribution in [2.75, 3.05) is 11.9 Å². The third-order valence-electron chi connectivity index (χ3n) is 5.89. The van der Waals surface area contributed by atoms with Crippen LogP contribution < -0.4 is 4.90 Å². The summed E-state index contributed by atoms with van der Waals surface area (Å²) in [6, 6.07) is 16.6. The van der Waals surface area contributed by atoms with Crippen molar-refractivity contribution in [2.24, 2.45) is 0 Å². The van der Waals surface area contributed by atoms with Crippen LogP contribution in [0.15, 0.2) is 70.5 Å². The molecule has 0 aliphatic carbocycles. The minimum atomic E-state index is -0.525. The quantitative estimate of drug-likeness (QED) is 0.242. The van der Waals surface area contributed by atoms with Crippen molar-refractivity contribution in [3.8, 4) is 22.8 Å². The highest BCUT2D eigenvalue weighted by atomic mass is 32.2. The molecular weight excluding hydrogens is 480 g/mol. The van der Waals surface area contributed by atoms with Crippen LogP contribution in [0.2, 0.25) is 0 Å². The molecule has 2 heterocycles. The van der Waals surface area contributed by atoms with E-state index in [-0.39, 0.29) is 22.3 Å². The van der Waals surface area contributed by atoms with E-state index in [9.17, 15) is 19.0 Å².